The summed E-state index contributed by atoms with van der Waals surface area (Å²) in [4.78, 5) is 48.1. The molecule has 0 unspecified atom stereocenters. The summed E-state index contributed by atoms with van der Waals surface area (Å²) >= 11 is 0. The predicted molar refractivity (Wildman–Crippen MR) is 116 cm³/mol. The molecule has 32 heavy (non-hydrogen) atoms. The van der Waals surface area contributed by atoms with Gasteiger partial charge in [0.1, 0.15) is 11.9 Å². The van der Waals surface area contributed by atoms with Crippen molar-refractivity contribution >= 4 is 18.1 Å². The van der Waals surface area contributed by atoms with Crippen LogP contribution in [-0.2, 0) is 27.3 Å². The molecule has 1 saturated heterocycles. The second-order valence-electron chi connectivity index (χ2n) is 9.08. The van der Waals surface area contributed by atoms with E-state index in [1.165, 1.54) is 5.01 Å². The molecule has 0 radical (unpaired) electrons. The maximum absolute atomic E-state index is 13.4. The lowest BCUT2D eigenvalue weighted by molar-refractivity contribution is -0.159. The number of aromatic nitrogens is 2. The number of ketones is 1. The van der Waals surface area contributed by atoms with Gasteiger partial charge in [-0.15, -0.1) is 0 Å². The van der Waals surface area contributed by atoms with E-state index in [2.05, 4.69) is 15.4 Å². The molecule has 176 valence electrons. The molecular weight excluding hydrogens is 412 g/mol. The van der Waals surface area contributed by atoms with Gasteiger partial charge in [0.2, 0.25) is 12.3 Å². The number of amides is 2. The van der Waals surface area contributed by atoms with Crippen LogP contribution in [0.1, 0.15) is 50.0 Å². The van der Waals surface area contributed by atoms with Crippen LogP contribution in [0.3, 0.4) is 0 Å². The van der Waals surface area contributed by atoms with Crippen LogP contribution >= 0.6 is 0 Å². The second kappa shape index (κ2) is 11.4. The minimum atomic E-state index is -0.593. The number of nitrogens with zero attached hydrogens (tertiary/aromatic N) is 5. The third-order valence-electron chi connectivity index (χ3n) is 6.17. The molecule has 2 fully saturated rings. The highest BCUT2D eigenvalue weighted by Crippen LogP contribution is 2.31. The van der Waals surface area contributed by atoms with Crippen molar-refractivity contribution in [2.45, 2.75) is 57.5 Å². The molecule has 0 bridgehead atoms. The highest BCUT2D eigenvalue weighted by molar-refractivity contribution is 5.91. The van der Waals surface area contributed by atoms with Gasteiger partial charge < -0.3 is 4.90 Å². The topological polar surface area (TPSA) is 119 Å². The lowest BCUT2D eigenvalue weighted by atomic mass is 9.91. The van der Waals surface area contributed by atoms with E-state index in [0.717, 1.165) is 25.7 Å². The Kier molecular flexibility index (Phi) is 8.66. The number of Topliss-reactive ketones (excluding diaryl/α,β-unsaturated/α-hetero) is 1. The van der Waals surface area contributed by atoms with Crippen molar-refractivity contribution in [3.63, 3.8) is 0 Å². The highest BCUT2D eigenvalue weighted by atomic mass is 16.5. The molecule has 1 aliphatic heterocycles. The number of rotatable bonds is 11. The Balaban J connectivity index is 1.68. The fraction of sp³-hybridized carbons (Fsp3) is 0.682. The molecule has 10 heteroatoms. The average molecular weight is 447 g/mol. The fourth-order valence-corrected chi connectivity index (χ4v) is 4.66. The first-order valence-corrected chi connectivity index (χ1v) is 11.3. The summed E-state index contributed by atoms with van der Waals surface area (Å²) in [5.74, 6) is 0.154. The summed E-state index contributed by atoms with van der Waals surface area (Å²) in [6.07, 6.45) is 7.58. The van der Waals surface area contributed by atoms with E-state index < -0.39 is 12.0 Å². The molecule has 0 aromatic carbocycles. The number of carbonyl (C=O) groups is 3. The van der Waals surface area contributed by atoms with Crippen molar-refractivity contribution in [2.24, 2.45) is 11.8 Å². The Hall–Kier alpha value is -2.43. The highest BCUT2D eigenvalue weighted by Gasteiger charge is 2.38. The lowest BCUT2D eigenvalue weighted by Gasteiger charge is -2.30. The number of hydrazine groups is 1. The van der Waals surface area contributed by atoms with E-state index in [9.17, 15) is 19.6 Å². The maximum atomic E-state index is 13.4. The quantitative estimate of drug-likeness (QED) is 0.291. The van der Waals surface area contributed by atoms with Crippen LogP contribution < -0.4 is 5.43 Å². The van der Waals surface area contributed by atoms with Crippen molar-refractivity contribution in [1.82, 2.24) is 30.4 Å². The van der Waals surface area contributed by atoms with Crippen molar-refractivity contribution in [2.75, 3.05) is 27.2 Å². The van der Waals surface area contributed by atoms with Gasteiger partial charge >= 0.3 is 0 Å². The minimum absolute atomic E-state index is 0.0717. The largest absolute Gasteiger partial charge is 0.302 e. The molecule has 10 nitrogen and oxygen atoms in total. The van der Waals surface area contributed by atoms with Crippen molar-refractivity contribution in [3.05, 3.63) is 23.8 Å². The molecule has 2 heterocycles. The summed E-state index contributed by atoms with van der Waals surface area (Å²) in [5.41, 5.74) is 3.67. The van der Waals surface area contributed by atoms with Gasteiger partial charge in [0.25, 0.3) is 0 Å². The van der Waals surface area contributed by atoms with E-state index in [1.54, 1.807) is 12.3 Å². The maximum Gasteiger partial charge on any atom is 0.242 e. The third-order valence-corrected chi connectivity index (χ3v) is 6.17. The molecule has 1 aromatic heterocycles. The van der Waals surface area contributed by atoms with Gasteiger partial charge in [-0.1, -0.05) is 25.7 Å². The normalized spacial score (nSPS) is 20.0. The molecule has 2 N–H and O–H groups in total. The number of hydrogen-bond donors (Lipinski definition) is 2. The molecule has 2 atom stereocenters. The Morgan fingerprint density at radius 2 is 2.06 bits per heavy atom. The molecule has 2 amide bonds. The van der Waals surface area contributed by atoms with Crippen LogP contribution in [0.25, 0.3) is 0 Å². The smallest absolute Gasteiger partial charge is 0.242 e. The minimum Gasteiger partial charge on any atom is -0.302 e. The van der Waals surface area contributed by atoms with Crippen molar-refractivity contribution < 1.29 is 19.6 Å². The van der Waals surface area contributed by atoms with E-state index in [0.29, 0.717) is 54.8 Å². The van der Waals surface area contributed by atoms with E-state index in [4.69, 9.17) is 0 Å². The Morgan fingerprint density at radius 1 is 1.31 bits per heavy atom. The lowest BCUT2D eigenvalue weighted by Crippen LogP contribution is -2.51. The zero-order valence-corrected chi connectivity index (χ0v) is 18.9. The standard InChI is InChI=1S/C22H34N6O4/c1-26(2)14-21-23-9-7-18(25-21)12-20(30)19-8-10-24-28(19)22(31)17(13-27(32)15-29)11-16-5-3-4-6-16/h7,9,15-17,19,24,32H,3-6,8,10-14H2,1-2H3/t17-,19+/m1/s1. The molecule has 1 aliphatic carbocycles. The van der Waals surface area contributed by atoms with Gasteiger partial charge in [-0.2, -0.15) is 0 Å². The summed E-state index contributed by atoms with van der Waals surface area (Å²) < 4.78 is 0. The first-order valence-electron chi connectivity index (χ1n) is 11.3. The summed E-state index contributed by atoms with van der Waals surface area (Å²) in [6, 6.07) is 1.13. The van der Waals surface area contributed by atoms with Gasteiger partial charge in [0.15, 0.2) is 5.78 Å². The van der Waals surface area contributed by atoms with Crippen molar-refractivity contribution in [1.29, 1.82) is 0 Å². The Morgan fingerprint density at radius 3 is 2.75 bits per heavy atom. The summed E-state index contributed by atoms with van der Waals surface area (Å²) in [7, 11) is 3.85. The van der Waals surface area contributed by atoms with Crippen LogP contribution in [0.2, 0.25) is 0 Å². The van der Waals surface area contributed by atoms with Gasteiger partial charge in [-0.3, -0.25) is 24.6 Å². The summed E-state index contributed by atoms with van der Waals surface area (Å²) in [6.45, 7) is 1.02. The molecule has 1 aromatic rings. The van der Waals surface area contributed by atoms with Gasteiger partial charge in [0, 0.05) is 12.7 Å². The first-order chi connectivity index (χ1) is 15.4. The van der Waals surface area contributed by atoms with Crippen LogP contribution in [0.4, 0.5) is 0 Å². The number of hydrogen-bond acceptors (Lipinski definition) is 8. The molecule has 0 spiro atoms. The van der Waals surface area contributed by atoms with Crippen LogP contribution in [-0.4, -0.2) is 81.5 Å². The molecule has 3 rings (SSSR count). The van der Waals surface area contributed by atoms with Crippen LogP contribution in [0, 0.1) is 11.8 Å². The Labute approximate surface area is 188 Å². The monoisotopic (exact) mass is 446 g/mol. The fourth-order valence-electron chi connectivity index (χ4n) is 4.66. The SMILES string of the molecule is CN(C)Cc1nccc(CC(=O)[C@@H]2CCNN2C(=O)[C@H](CC2CCCC2)CN(O)C=O)n1. The van der Waals surface area contributed by atoms with Crippen molar-refractivity contribution in [3.8, 4) is 0 Å². The average Bonchev–Trinajstić information content (AvgIpc) is 3.44. The van der Waals surface area contributed by atoms with Gasteiger partial charge in [-0.25, -0.2) is 20.5 Å². The van der Waals surface area contributed by atoms with Gasteiger partial charge in [0.05, 0.1) is 31.1 Å². The van der Waals surface area contributed by atoms with E-state index >= 15 is 0 Å². The van der Waals surface area contributed by atoms with E-state index in [-0.39, 0.29) is 24.7 Å². The molecule has 2 aliphatic rings. The van der Waals surface area contributed by atoms with E-state index in [1.807, 2.05) is 19.0 Å². The molecule has 1 saturated carbocycles. The zero-order valence-electron chi connectivity index (χ0n) is 18.9. The predicted octanol–water partition coefficient (Wildman–Crippen LogP) is 0.799. The number of nitrogens with one attached hydrogen (secondary N) is 1. The number of carbonyl (C=O) groups excluding carboxylic acids is 3. The number of hydroxylamine groups is 2. The third kappa shape index (κ3) is 6.54. The van der Waals surface area contributed by atoms with Crippen LogP contribution in [0.15, 0.2) is 12.3 Å². The molecular formula is C22H34N6O4. The van der Waals surface area contributed by atoms with Gasteiger partial charge in [-0.05, 0) is 38.9 Å². The van der Waals surface area contributed by atoms with Crippen LogP contribution in [0.5, 0.6) is 0 Å². The Bertz CT molecular complexity index is 798. The summed E-state index contributed by atoms with van der Waals surface area (Å²) in [5, 5.41) is 11.7. The second-order valence-corrected chi connectivity index (χ2v) is 9.08. The zero-order chi connectivity index (χ0) is 23.1. The first kappa shape index (κ1) is 24.2.